The third-order valence-corrected chi connectivity index (χ3v) is 8.16. The van der Waals surface area contributed by atoms with Gasteiger partial charge in [0.05, 0.1) is 11.2 Å². The average Bonchev–Trinajstić information content (AvgIpc) is 3.27. The van der Waals surface area contributed by atoms with Crippen molar-refractivity contribution in [3.8, 4) is 0 Å². The Morgan fingerprint density at radius 2 is 1.50 bits per heavy atom. The second kappa shape index (κ2) is 13.8. The number of nitrogens with one attached hydrogen (secondary N) is 2. The molecule has 0 aliphatic carbocycles. The first-order valence-corrected chi connectivity index (χ1v) is 15.8. The number of nitrogens with zero attached hydrogens (tertiary/aromatic N) is 1. The maximum Gasteiger partial charge on any atom is 0.457 e. The van der Waals surface area contributed by atoms with Crippen molar-refractivity contribution in [1.29, 1.82) is 0 Å². The molecule has 2 aliphatic rings. The van der Waals surface area contributed by atoms with Gasteiger partial charge in [-0.3, -0.25) is 9.69 Å². The summed E-state index contributed by atoms with van der Waals surface area (Å²) in [4.78, 5) is 53.5. The Kier molecular flexibility index (Phi) is 11.8. The largest absolute Gasteiger partial charge is 0.479 e. The molecule has 2 heterocycles. The van der Waals surface area contributed by atoms with Gasteiger partial charge in [0.2, 0.25) is 5.91 Å². The number of carbonyl (C=O) groups is 4. The second-order valence-electron chi connectivity index (χ2n) is 15.6. The number of carboxylic acid groups (broad SMARTS) is 1. The zero-order chi connectivity index (χ0) is 33.9. The fourth-order valence-corrected chi connectivity index (χ4v) is 5.45. The highest BCUT2D eigenvalue weighted by atomic mass is 16.7. The van der Waals surface area contributed by atoms with Crippen molar-refractivity contribution in [3.05, 3.63) is 0 Å². The molecule has 3 N–H and O–H groups in total. The van der Waals surface area contributed by atoms with Crippen LogP contribution in [0.25, 0.3) is 0 Å². The first-order valence-electron chi connectivity index (χ1n) is 15.8. The molecule has 0 bridgehead atoms. The molecule has 2 rings (SSSR count). The average molecular weight is 626 g/mol. The molecule has 44 heavy (non-hydrogen) atoms. The van der Waals surface area contributed by atoms with Crippen molar-refractivity contribution in [2.24, 2.45) is 5.92 Å². The maximum absolute atomic E-state index is 13.4. The van der Waals surface area contributed by atoms with Crippen molar-refractivity contribution < 1.29 is 43.1 Å². The molecule has 0 radical (unpaired) electrons. The van der Waals surface area contributed by atoms with E-state index in [4.69, 9.17) is 18.8 Å². The van der Waals surface area contributed by atoms with Gasteiger partial charge in [0, 0.05) is 19.0 Å². The van der Waals surface area contributed by atoms with Gasteiger partial charge in [-0.05, 0) is 94.3 Å². The van der Waals surface area contributed by atoms with E-state index in [1.807, 2.05) is 41.5 Å². The molecule has 3 amide bonds. The van der Waals surface area contributed by atoms with Gasteiger partial charge in [-0.15, -0.1) is 0 Å². The number of likely N-dealkylation sites (tertiary alicyclic amines) is 1. The van der Waals surface area contributed by atoms with Crippen LogP contribution in [0.1, 0.15) is 115 Å². The molecule has 0 spiro atoms. The molecule has 0 saturated carbocycles. The molecule has 13 heteroatoms. The Morgan fingerprint density at radius 3 is 1.98 bits per heavy atom. The summed E-state index contributed by atoms with van der Waals surface area (Å²) in [5.74, 6) is -1.56. The minimum atomic E-state index is -1.59. The van der Waals surface area contributed by atoms with Crippen LogP contribution in [0.5, 0.6) is 0 Å². The number of aliphatic carboxylic acids is 1. The second-order valence-corrected chi connectivity index (χ2v) is 15.6. The van der Waals surface area contributed by atoms with Crippen molar-refractivity contribution in [3.63, 3.8) is 0 Å². The van der Waals surface area contributed by atoms with Crippen LogP contribution in [0.4, 0.5) is 9.59 Å². The van der Waals surface area contributed by atoms with E-state index < -0.39 is 71.2 Å². The summed E-state index contributed by atoms with van der Waals surface area (Å²) >= 11 is 0. The predicted octanol–water partition coefficient (Wildman–Crippen LogP) is 5.14. The highest BCUT2D eigenvalue weighted by Crippen LogP contribution is 2.40. The summed E-state index contributed by atoms with van der Waals surface area (Å²) in [7, 11) is -0.409. The summed E-state index contributed by atoms with van der Waals surface area (Å²) in [5.41, 5.74) is -4.11. The molecular formula is C31H56BN3O9. The minimum absolute atomic E-state index is 0.00928. The standard InChI is InChI=1S/C31H56BN3O9/c1-20(2)17-22(34-25(39)41-27(3,4)5)23(36)33-21-18-31(24(37)38,35(19-21)26(40)42-28(6,7)8)15-13-14-16-32-43-29(9,10)30(11,12)44-32/h20-22H,13-19H2,1-12H3,(H,33,36)(H,34,39)(H,37,38). The van der Waals surface area contributed by atoms with Crippen molar-refractivity contribution in [2.75, 3.05) is 6.54 Å². The lowest BCUT2D eigenvalue weighted by atomic mass is 9.80. The van der Waals surface area contributed by atoms with E-state index in [1.165, 1.54) is 4.90 Å². The monoisotopic (exact) mass is 625 g/mol. The number of ether oxygens (including phenoxy) is 2. The zero-order valence-corrected chi connectivity index (χ0v) is 28.9. The van der Waals surface area contributed by atoms with Gasteiger partial charge in [-0.2, -0.15) is 0 Å². The van der Waals surface area contributed by atoms with Crippen LogP contribution < -0.4 is 10.6 Å². The molecule has 2 fully saturated rings. The Labute approximate surface area is 263 Å². The van der Waals surface area contributed by atoms with Gasteiger partial charge in [-0.25, -0.2) is 14.4 Å². The number of rotatable bonds is 11. The number of unbranched alkanes of at least 4 members (excludes halogenated alkanes) is 1. The maximum atomic E-state index is 13.4. The summed E-state index contributed by atoms with van der Waals surface area (Å²) in [6, 6.07) is -1.58. The fraction of sp³-hybridized carbons (Fsp3) is 0.871. The lowest BCUT2D eigenvalue weighted by Crippen LogP contribution is -2.54. The lowest BCUT2D eigenvalue weighted by molar-refractivity contribution is -0.150. The van der Waals surface area contributed by atoms with Gasteiger partial charge >= 0.3 is 25.3 Å². The quantitative estimate of drug-likeness (QED) is 0.209. The van der Waals surface area contributed by atoms with Crippen molar-refractivity contribution in [2.45, 2.75) is 162 Å². The molecule has 0 aromatic heterocycles. The van der Waals surface area contributed by atoms with Crippen LogP contribution in [0.2, 0.25) is 6.32 Å². The Morgan fingerprint density at radius 1 is 0.955 bits per heavy atom. The molecule has 3 atom stereocenters. The first-order chi connectivity index (χ1) is 19.9. The third-order valence-electron chi connectivity index (χ3n) is 8.16. The zero-order valence-electron chi connectivity index (χ0n) is 28.9. The number of hydrogen-bond acceptors (Lipinski definition) is 8. The van der Waals surface area contributed by atoms with Crippen LogP contribution in [0, 0.1) is 5.92 Å². The summed E-state index contributed by atoms with van der Waals surface area (Å²) in [5, 5.41) is 16.1. The van der Waals surface area contributed by atoms with Crippen molar-refractivity contribution >= 4 is 31.2 Å². The lowest BCUT2D eigenvalue weighted by Gasteiger charge is -2.35. The van der Waals surface area contributed by atoms with Gasteiger partial charge in [0.15, 0.2) is 0 Å². The first kappa shape index (κ1) is 37.7. The van der Waals surface area contributed by atoms with E-state index >= 15 is 0 Å². The summed E-state index contributed by atoms with van der Waals surface area (Å²) < 4.78 is 23.1. The minimum Gasteiger partial charge on any atom is -0.479 e. The number of alkyl carbamates (subject to hydrolysis) is 1. The van der Waals surface area contributed by atoms with Gasteiger partial charge < -0.3 is 34.5 Å². The molecule has 0 aromatic carbocycles. The SMILES string of the molecule is CC(C)CC(NC(=O)OC(C)(C)C)C(=O)NC1CN(C(=O)OC(C)(C)C)C(CCCCB2OC(C)(C)C(C)(C)O2)(C(=O)O)C1. The van der Waals surface area contributed by atoms with Crippen molar-refractivity contribution in [1.82, 2.24) is 15.5 Å². The molecule has 3 unspecified atom stereocenters. The molecule has 252 valence electrons. The van der Waals surface area contributed by atoms with E-state index in [-0.39, 0.29) is 25.3 Å². The van der Waals surface area contributed by atoms with Crippen LogP contribution >= 0.6 is 0 Å². The van der Waals surface area contributed by atoms with E-state index in [1.54, 1.807) is 41.5 Å². The highest BCUT2D eigenvalue weighted by Gasteiger charge is 2.55. The highest BCUT2D eigenvalue weighted by molar-refractivity contribution is 6.45. The topological polar surface area (TPSA) is 153 Å². The number of carbonyl (C=O) groups excluding carboxylic acids is 3. The number of hydrogen-bond donors (Lipinski definition) is 3. The molecule has 2 saturated heterocycles. The van der Waals surface area contributed by atoms with E-state index in [9.17, 15) is 24.3 Å². The molecule has 12 nitrogen and oxygen atoms in total. The number of amides is 3. The predicted molar refractivity (Wildman–Crippen MR) is 167 cm³/mol. The Balaban J connectivity index is 2.21. The van der Waals surface area contributed by atoms with E-state index in [0.717, 1.165) is 0 Å². The molecular weight excluding hydrogens is 569 g/mol. The number of carboxylic acids is 1. The third kappa shape index (κ3) is 10.3. The molecule has 0 aromatic rings. The van der Waals surface area contributed by atoms with E-state index in [0.29, 0.717) is 25.6 Å². The van der Waals surface area contributed by atoms with Crippen LogP contribution in [0.15, 0.2) is 0 Å². The summed E-state index contributed by atoms with van der Waals surface area (Å²) in [6.45, 7) is 22.1. The fourth-order valence-electron chi connectivity index (χ4n) is 5.45. The summed E-state index contributed by atoms with van der Waals surface area (Å²) in [6.07, 6.45) is 0.673. The van der Waals surface area contributed by atoms with Crippen LogP contribution in [-0.2, 0) is 28.4 Å². The Bertz CT molecular complexity index is 1030. The van der Waals surface area contributed by atoms with Gasteiger partial charge in [-0.1, -0.05) is 26.7 Å². The van der Waals surface area contributed by atoms with E-state index in [2.05, 4.69) is 10.6 Å². The Hall–Kier alpha value is -2.54. The van der Waals surface area contributed by atoms with Gasteiger partial charge in [0.25, 0.3) is 0 Å². The normalized spacial score (nSPS) is 23.8. The van der Waals surface area contributed by atoms with Crippen LogP contribution in [-0.4, -0.2) is 87.8 Å². The van der Waals surface area contributed by atoms with Gasteiger partial charge in [0.1, 0.15) is 22.8 Å². The smallest absolute Gasteiger partial charge is 0.457 e. The van der Waals surface area contributed by atoms with Crippen LogP contribution in [0.3, 0.4) is 0 Å². The molecule has 2 aliphatic heterocycles.